The molecule has 0 atom stereocenters. The van der Waals surface area contributed by atoms with Gasteiger partial charge in [-0.05, 0) is 67.2 Å². The van der Waals surface area contributed by atoms with Crippen LogP contribution in [0.5, 0.6) is 0 Å². The van der Waals surface area contributed by atoms with E-state index in [0.717, 1.165) is 48.5 Å². The molecule has 0 aliphatic carbocycles. The van der Waals surface area contributed by atoms with E-state index < -0.39 is 0 Å². The van der Waals surface area contributed by atoms with E-state index in [4.69, 9.17) is 0 Å². The smallest absolute Gasteiger partial charge is 0.191 e. The van der Waals surface area contributed by atoms with Crippen molar-refractivity contribution in [1.29, 1.82) is 0 Å². The Hall–Kier alpha value is -2.13. The number of halogens is 2. The molecule has 1 fully saturated rings. The average Bonchev–Trinajstić information content (AvgIpc) is 3.41. The lowest BCUT2D eigenvalue weighted by atomic mass is 10.1. The zero-order valence-corrected chi connectivity index (χ0v) is 20.3. The fourth-order valence-corrected chi connectivity index (χ4v) is 4.04. The second-order valence-electron chi connectivity index (χ2n) is 7.91. The van der Waals surface area contributed by atoms with Crippen molar-refractivity contribution in [2.75, 3.05) is 26.7 Å². The van der Waals surface area contributed by atoms with Gasteiger partial charge in [0.05, 0.1) is 0 Å². The molecule has 7 heteroatoms. The molecule has 166 valence electrons. The van der Waals surface area contributed by atoms with E-state index >= 15 is 0 Å². The van der Waals surface area contributed by atoms with Gasteiger partial charge in [0.25, 0.3) is 0 Å². The summed E-state index contributed by atoms with van der Waals surface area (Å²) < 4.78 is 13.5. The number of guanidine groups is 1. The zero-order chi connectivity index (χ0) is 20.8. The molecule has 1 saturated heterocycles. The lowest BCUT2D eigenvalue weighted by Gasteiger charge is -2.15. The third-order valence-corrected chi connectivity index (χ3v) is 5.73. The van der Waals surface area contributed by atoms with E-state index in [0.29, 0.717) is 0 Å². The zero-order valence-electron chi connectivity index (χ0n) is 18.0. The lowest BCUT2D eigenvalue weighted by Crippen LogP contribution is -2.37. The van der Waals surface area contributed by atoms with Gasteiger partial charge in [-0.1, -0.05) is 24.3 Å². The Labute approximate surface area is 200 Å². The summed E-state index contributed by atoms with van der Waals surface area (Å²) in [6, 6.07) is 13.7. The first-order chi connectivity index (χ1) is 14.7. The van der Waals surface area contributed by atoms with Crippen LogP contribution in [0.25, 0.3) is 10.9 Å². The largest absolute Gasteiger partial charge is 0.361 e. The molecule has 3 N–H and O–H groups in total. The predicted molar refractivity (Wildman–Crippen MR) is 137 cm³/mol. The van der Waals surface area contributed by atoms with Gasteiger partial charge in [0.1, 0.15) is 5.82 Å². The van der Waals surface area contributed by atoms with E-state index in [9.17, 15) is 4.39 Å². The second kappa shape index (κ2) is 11.5. The summed E-state index contributed by atoms with van der Waals surface area (Å²) in [5.41, 5.74) is 4.66. The molecule has 0 saturated carbocycles. The molecule has 1 aliphatic heterocycles. The summed E-state index contributed by atoms with van der Waals surface area (Å²) in [6.45, 7) is 4.94. The minimum Gasteiger partial charge on any atom is -0.361 e. The van der Waals surface area contributed by atoms with Gasteiger partial charge in [-0.15, -0.1) is 24.0 Å². The van der Waals surface area contributed by atoms with Gasteiger partial charge in [0.15, 0.2) is 5.96 Å². The fraction of sp³-hybridized carbons (Fsp3) is 0.375. The third kappa shape index (κ3) is 6.43. The molecule has 1 aliphatic rings. The number of nitrogens with one attached hydrogen (secondary N) is 3. The Kier molecular flexibility index (Phi) is 8.71. The average molecular weight is 535 g/mol. The monoisotopic (exact) mass is 535 g/mol. The SMILES string of the molecule is CN=C(NCCc1c[nH]c2ccc(F)cc12)NCc1ccc(CN2CCCC2)cc1.I. The van der Waals surface area contributed by atoms with Crippen LogP contribution >= 0.6 is 24.0 Å². The van der Waals surface area contributed by atoms with Crippen molar-refractivity contribution in [1.82, 2.24) is 20.5 Å². The third-order valence-electron chi connectivity index (χ3n) is 5.73. The van der Waals surface area contributed by atoms with Crippen molar-refractivity contribution < 1.29 is 4.39 Å². The first-order valence-corrected chi connectivity index (χ1v) is 10.7. The second-order valence-corrected chi connectivity index (χ2v) is 7.91. The molecule has 3 aromatic rings. The first kappa shape index (κ1) is 23.5. The molecule has 5 nitrogen and oxygen atoms in total. The van der Waals surface area contributed by atoms with Gasteiger partial charge in [0, 0.05) is 43.8 Å². The van der Waals surface area contributed by atoms with Gasteiger partial charge in [-0.3, -0.25) is 9.89 Å². The number of likely N-dealkylation sites (tertiary alicyclic amines) is 1. The molecule has 0 spiro atoms. The Morgan fingerprint density at radius 2 is 1.81 bits per heavy atom. The number of hydrogen-bond donors (Lipinski definition) is 3. The van der Waals surface area contributed by atoms with Gasteiger partial charge < -0.3 is 15.6 Å². The van der Waals surface area contributed by atoms with Crippen LogP contribution in [0.15, 0.2) is 53.7 Å². The number of fused-ring (bicyclic) bond motifs is 1. The number of hydrogen-bond acceptors (Lipinski definition) is 2. The van der Waals surface area contributed by atoms with Crippen LogP contribution < -0.4 is 10.6 Å². The number of aromatic amines is 1. The van der Waals surface area contributed by atoms with Crippen molar-refractivity contribution in [3.63, 3.8) is 0 Å². The molecule has 1 aromatic heterocycles. The van der Waals surface area contributed by atoms with Crippen molar-refractivity contribution in [2.24, 2.45) is 4.99 Å². The quantitative estimate of drug-likeness (QED) is 0.239. The van der Waals surface area contributed by atoms with Crippen molar-refractivity contribution in [3.8, 4) is 0 Å². The van der Waals surface area contributed by atoms with Crippen LogP contribution in [0.1, 0.15) is 29.5 Å². The van der Waals surface area contributed by atoms with E-state index in [-0.39, 0.29) is 29.8 Å². The Bertz CT molecular complexity index is 993. The molecule has 0 unspecified atom stereocenters. The Balaban J connectivity index is 0.00000272. The van der Waals surface area contributed by atoms with Gasteiger partial charge in [-0.2, -0.15) is 0 Å². The van der Waals surface area contributed by atoms with Crippen molar-refractivity contribution in [3.05, 3.63) is 71.2 Å². The number of aromatic nitrogens is 1. The summed E-state index contributed by atoms with van der Waals surface area (Å²) in [4.78, 5) is 10.0. The molecule has 0 radical (unpaired) electrons. The van der Waals surface area contributed by atoms with Gasteiger partial charge in [-0.25, -0.2) is 4.39 Å². The Morgan fingerprint density at radius 1 is 1.06 bits per heavy atom. The van der Waals surface area contributed by atoms with Gasteiger partial charge >= 0.3 is 0 Å². The minimum atomic E-state index is -0.208. The van der Waals surface area contributed by atoms with Crippen molar-refractivity contribution in [2.45, 2.75) is 32.4 Å². The van der Waals surface area contributed by atoms with Crippen LogP contribution in [0.3, 0.4) is 0 Å². The normalized spacial score (nSPS) is 14.6. The van der Waals surface area contributed by atoms with Crippen LogP contribution in [-0.4, -0.2) is 42.5 Å². The highest BCUT2D eigenvalue weighted by Gasteiger charge is 2.11. The summed E-state index contributed by atoms with van der Waals surface area (Å²) in [7, 11) is 1.77. The topological polar surface area (TPSA) is 55.5 Å². The molecule has 0 amide bonds. The molecule has 2 aromatic carbocycles. The van der Waals surface area contributed by atoms with E-state index in [1.165, 1.54) is 43.1 Å². The van der Waals surface area contributed by atoms with Crippen LogP contribution in [0.2, 0.25) is 0 Å². The maximum Gasteiger partial charge on any atom is 0.191 e. The van der Waals surface area contributed by atoms with E-state index in [1.807, 2.05) is 6.20 Å². The standard InChI is InChI=1S/C24H30FN5.HI/c1-26-24(27-11-10-20-16-28-23-9-8-21(25)14-22(20)23)29-15-18-4-6-19(7-5-18)17-30-12-2-3-13-30;/h4-9,14,16,28H,2-3,10-13,15,17H2,1H3,(H2,26,27,29);1H. The lowest BCUT2D eigenvalue weighted by molar-refractivity contribution is 0.331. The predicted octanol–water partition coefficient (Wildman–Crippen LogP) is 4.43. The summed E-state index contributed by atoms with van der Waals surface area (Å²) >= 11 is 0. The van der Waals surface area contributed by atoms with E-state index in [1.54, 1.807) is 19.2 Å². The van der Waals surface area contributed by atoms with Gasteiger partial charge in [0.2, 0.25) is 0 Å². The molecular formula is C24H31FIN5. The highest BCUT2D eigenvalue weighted by atomic mass is 127. The number of nitrogens with zero attached hydrogens (tertiary/aromatic N) is 2. The highest BCUT2D eigenvalue weighted by molar-refractivity contribution is 14.0. The first-order valence-electron chi connectivity index (χ1n) is 10.7. The summed E-state index contributed by atoms with van der Waals surface area (Å²) in [6.07, 6.45) is 5.39. The number of benzene rings is 2. The molecule has 2 heterocycles. The number of rotatable bonds is 7. The van der Waals surface area contributed by atoms with Crippen LogP contribution in [0, 0.1) is 5.82 Å². The molecule has 0 bridgehead atoms. The maximum absolute atomic E-state index is 13.5. The molecule has 31 heavy (non-hydrogen) atoms. The van der Waals surface area contributed by atoms with Crippen molar-refractivity contribution >= 4 is 40.8 Å². The highest BCUT2D eigenvalue weighted by Crippen LogP contribution is 2.19. The van der Waals surface area contributed by atoms with Crippen LogP contribution in [-0.2, 0) is 19.5 Å². The maximum atomic E-state index is 13.5. The van der Waals surface area contributed by atoms with Crippen LogP contribution in [0.4, 0.5) is 4.39 Å². The molecule has 4 rings (SSSR count). The summed E-state index contributed by atoms with van der Waals surface area (Å²) in [5.74, 6) is 0.558. The Morgan fingerprint density at radius 3 is 2.55 bits per heavy atom. The fourth-order valence-electron chi connectivity index (χ4n) is 4.04. The number of aliphatic imine (C=N–C) groups is 1. The summed E-state index contributed by atoms with van der Waals surface area (Å²) in [5, 5.41) is 7.65. The molecular weight excluding hydrogens is 504 g/mol. The minimum absolute atomic E-state index is 0. The number of H-pyrrole nitrogens is 1. The van der Waals surface area contributed by atoms with E-state index in [2.05, 4.69) is 49.8 Å².